The second-order valence-electron chi connectivity index (χ2n) is 1.59. The van der Waals surface area contributed by atoms with E-state index in [-0.39, 0.29) is 0 Å². The van der Waals surface area contributed by atoms with Crippen molar-refractivity contribution in [2.75, 3.05) is 5.73 Å². The summed E-state index contributed by atoms with van der Waals surface area (Å²) in [5, 5.41) is 0. The number of aryl methyl sites for hydroxylation is 1. The average molecular weight is 109 g/mol. The summed E-state index contributed by atoms with van der Waals surface area (Å²) in [6.45, 7) is 1.87. The molecule has 2 N–H and O–H groups in total. The molecule has 0 aromatic carbocycles. The van der Waals surface area contributed by atoms with E-state index < -0.39 is 0 Å². The van der Waals surface area contributed by atoms with Gasteiger partial charge in [-0.25, -0.2) is 9.97 Å². The molecule has 0 aliphatic rings. The summed E-state index contributed by atoms with van der Waals surface area (Å²) in [6, 6.07) is 0. The summed E-state index contributed by atoms with van der Waals surface area (Å²) in [5.41, 5.74) is 6.29. The van der Waals surface area contributed by atoms with E-state index >= 15 is 0 Å². The molecule has 0 fully saturated rings. The number of rotatable bonds is 0. The van der Waals surface area contributed by atoms with E-state index in [2.05, 4.69) is 9.97 Å². The lowest BCUT2D eigenvalue weighted by molar-refractivity contribution is 1.14. The largest absolute Gasteiger partial charge is 0.383 e. The molecule has 0 unspecified atom stereocenters. The molecule has 1 rings (SSSR count). The molecule has 0 aliphatic carbocycles. The molecule has 0 saturated carbocycles. The maximum atomic E-state index is 5.37. The van der Waals surface area contributed by atoms with Gasteiger partial charge in [-0.2, -0.15) is 0 Å². The molecule has 0 aliphatic heterocycles. The van der Waals surface area contributed by atoms with Gasteiger partial charge in [-0.3, -0.25) is 0 Å². The number of aromatic nitrogens is 2. The first-order valence-corrected chi connectivity index (χ1v) is 2.33. The fourth-order valence-electron chi connectivity index (χ4n) is 0.409. The Bertz CT molecular complexity index is 164. The highest BCUT2D eigenvalue weighted by Crippen LogP contribution is 1.99. The van der Waals surface area contributed by atoms with Gasteiger partial charge in [0.05, 0.1) is 0 Å². The van der Waals surface area contributed by atoms with Crippen LogP contribution in [0.25, 0.3) is 0 Å². The topological polar surface area (TPSA) is 51.8 Å². The minimum atomic E-state index is 0.556. The Kier molecular flexibility index (Phi) is 1.12. The highest BCUT2D eigenvalue weighted by molar-refractivity contribution is 5.34. The van der Waals surface area contributed by atoms with Crippen LogP contribution in [0, 0.1) is 6.92 Å². The fourth-order valence-corrected chi connectivity index (χ4v) is 0.409. The summed E-state index contributed by atoms with van der Waals surface area (Å²) >= 11 is 0. The summed E-state index contributed by atoms with van der Waals surface area (Å²) in [7, 11) is 0. The average Bonchev–Trinajstić information content (AvgIpc) is 1.77. The van der Waals surface area contributed by atoms with E-state index in [0.717, 1.165) is 5.56 Å². The van der Waals surface area contributed by atoms with Crippen LogP contribution < -0.4 is 5.73 Å². The van der Waals surface area contributed by atoms with Crippen LogP contribution in [0.5, 0.6) is 0 Å². The molecule has 0 amide bonds. The molecular weight excluding hydrogens is 102 g/mol. The third-order valence-electron chi connectivity index (χ3n) is 0.936. The van der Waals surface area contributed by atoms with Crippen molar-refractivity contribution in [1.29, 1.82) is 0 Å². The third kappa shape index (κ3) is 0.753. The van der Waals surface area contributed by atoms with Crippen LogP contribution in [0.3, 0.4) is 0 Å². The Morgan fingerprint density at radius 3 is 2.75 bits per heavy atom. The van der Waals surface area contributed by atoms with Crippen molar-refractivity contribution in [1.82, 2.24) is 9.97 Å². The number of hydrogen-bond acceptors (Lipinski definition) is 3. The summed E-state index contributed by atoms with van der Waals surface area (Å²) in [6.07, 6.45) is 3.12. The highest BCUT2D eigenvalue weighted by Gasteiger charge is 1.87. The zero-order valence-corrected chi connectivity index (χ0v) is 4.63. The molecule has 8 heavy (non-hydrogen) atoms. The summed E-state index contributed by atoms with van der Waals surface area (Å²) in [4.78, 5) is 7.50. The first kappa shape index (κ1) is 5.03. The number of nitrogens with zero attached hydrogens (tertiary/aromatic N) is 2. The molecular formula is C5H7N3. The predicted molar refractivity (Wildman–Crippen MR) is 31.2 cm³/mol. The van der Waals surface area contributed by atoms with Gasteiger partial charge in [0.2, 0.25) is 0 Å². The van der Waals surface area contributed by atoms with Crippen LogP contribution in [0.15, 0.2) is 12.5 Å². The van der Waals surface area contributed by atoms with Crippen LogP contribution in [0.4, 0.5) is 5.82 Å². The van der Waals surface area contributed by atoms with Crippen LogP contribution in [-0.2, 0) is 0 Å². The predicted octanol–water partition coefficient (Wildman–Crippen LogP) is 0.367. The van der Waals surface area contributed by atoms with Crippen molar-refractivity contribution < 1.29 is 0 Å². The standard InChI is InChI=1S/C5H7N3/c1-4-2-7-3-8-5(4)6/h2-3H,1H3,(H2,6,7,8). The number of nitrogens with two attached hydrogens (primary N) is 1. The molecule has 1 aromatic rings. The van der Waals surface area contributed by atoms with Crippen LogP contribution >= 0.6 is 0 Å². The third-order valence-corrected chi connectivity index (χ3v) is 0.936. The molecule has 1 heterocycles. The molecule has 42 valence electrons. The van der Waals surface area contributed by atoms with Gasteiger partial charge in [0.1, 0.15) is 12.1 Å². The maximum absolute atomic E-state index is 5.37. The molecule has 0 radical (unpaired) electrons. The lowest BCUT2D eigenvalue weighted by atomic mass is 10.4. The van der Waals surface area contributed by atoms with Crippen molar-refractivity contribution in [3.8, 4) is 0 Å². The van der Waals surface area contributed by atoms with Crippen LogP contribution in [0.2, 0.25) is 0 Å². The normalized spacial score (nSPS) is 9.12. The second-order valence-corrected chi connectivity index (χ2v) is 1.59. The summed E-state index contributed by atoms with van der Waals surface area (Å²) in [5.74, 6) is 0.556. The Labute approximate surface area is 47.6 Å². The number of hydrogen-bond donors (Lipinski definition) is 1. The van der Waals surface area contributed by atoms with Gasteiger partial charge in [-0.15, -0.1) is 0 Å². The first-order valence-electron chi connectivity index (χ1n) is 2.33. The fraction of sp³-hybridized carbons (Fsp3) is 0.200. The molecule has 1 aromatic heterocycles. The molecule has 0 saturated heterocycles. The van der Waals surface area contributed by atoms with Crippen LogP contribution in [0.1, 0.15) is 5.56 Å². The zero-order valence-electron chi connectivity index (χ0n) is 4.63. The first-order chi connectivity index (χ1) is 3.80. The Morgan fingerprint density at radius 1 is 1.62 bits per heavy atom. The van der Waals surface area contributed by atoms with Crippen LogP contribution in [-0.4, -0.2) is 9.97 Å². The highest BCUT2D eigenvalue weighted by atomic mass is 14.9. The lowest BCUT2D eigenvalue weighted by Crippen LogP contribution is -1.92. The van der Waals surface area contributed by atoms with Gasteiger partial charge in [-0.05, 0) is 6.92 Å². The molecule has 3 heteroatoms. The van der Waals surface area contributed by atoms with E-state index in [1.807, 2.05) is 6.92 Å². The van der Waals surface area contributed by atoms with Gasteiger partial charge in [0.15, 0.2) is 0 Å². The SMILES string of the molecule is Cc1cncnc1N. The molecule has 0 bridgehead atoms. The van der Waals surface area contributed by atoms with Gasteiger partial charge in [0, 0.05) is 11.8 Å². The maximum Gasteiger partial charge on any atom is 0.129 e. The van der Waals surface area contributed by atoms with E-state index in [1.165, 1.54) is 6.33 Å². The molecule has 0 spiro atoms. The smallest absolute Gasteiger partial charge is 0.129 e. The molecule has 0 atom stereocenters. The lowest BCUT2D eigenvalue weighted by Gasteiger charge is -1.91. The number of nitrogen functional groups attached to an aromatic ring is 1. The Morgan fingerprint density at radius 2 is 2.38 bits per heavy atom. The van der Waals surface area contributed by atoms with E-state index in [9.17, 15) is 0 Å². The van der Waals surface area contributed by atoms with E-state index in [4.69, 9.17) is 5.73 Å². The van der Waals surface area contributed by atoms with E-state index in [0.29, 0.717) is 5.82 Å². The monoisotopic (exact) mass is 109 g/mol. The minimum absolute atomic E-state index is 0.556. The summed E-state index contributed by atoms with van der Waals surface area (Å²) < 4.78 is 0. The van der Waals surface area contributed by atoms with E-state index in [1.54, 1.807) is 6.20 Å². The van der Waals surface area contributed by atoms with Crippen molar-refractivity contribution in [2.45, 2.75) is 6.92 Å². The molecule has 3 nitrogen and oxygen atoms in total. The van der Waals surface area contributed by atoms with Gasteiger partial charge < -0.3 is 5.73 Å². The Balaban J connectivity index is 3.13. The zero-order chi connectivity index (χ0) is 5.98. The minimum Gasteiger partial charge on any atom is -0.383 e. The van der Waals surface area contributed by atoms with Gasteiger partial charge in [-0.1, -0.05) is 0 Å². The quantitative estimate of drug-likeness (QED) is 0.523. The van der Waals surface area contributed by atoms with Crippen molar-refractivity contribution >= 4 is 5.82 Å². The van der Waals surface area contributed by atoms with Crippen molar-refractivity contribution in [3.63, 3.8) is 0 Å². The number of anilines is 1. The van der Waals surface area contributed by atoms with Crippen molar-refractivity contribution in [3.05, 3.63) is 18.1 Å². The van der Waals surface area contributed by atoms with Gasteiger partial charge in [0.25, 0.3) is 0 Å². The Hall–Kier alpha value is -1.12. The second kappa shape index (κ2) is 1.78. The van der Waals surface area contributed by atoms with Crippen molar-refractivity contribution in [2.24, 2.45) is 0 Å². The van der Waals surface area contributed by atoms with Gasteiger partial charge >= 0.3 is 0 Å².